The van der Waals surface area contributed by atoms with Crippen molar-refractivity contribution < 1.29 is 27.6 Å². The molecule has 1 saturated carbocycles. The van der Waals surface area contributed by atoms with Crippen LogP contribution in [0, 0.1) is 5.92 Å². The number of nitrogens with zero attached hydrogens (tertiary/aromatic N) is 2. The van der Waals surface area contributed by atoms with Crippen LogP contribution in [0.1, 0.15) is 32.8 Å². The van der Waals surface area contributed by atoms with Crippen LogP contribution in [-0.4, -0.2) is 59.2 Å². The first-order valence-electron chi connectivity index (χ1n) is 10.7. The van der Waals surface area contributed by atoms with Crippen LogP contribution in [0.2, 0.25) is 4.34 Å². The van der Waals surface area contributed by atoms with Crippen LogP contribution in [0.25, 0.3) is 0 Å². The van der Waals surface area contributed by atoms with Crippen LogP contribution in [0.5, 0.6) is 0 Å². The Labute approximate surface area is 224 Å². The van der Waals surface area contributed by atoms with Gasteiger partial charge >= 0.3 is 10.3 Å². The molecular formula is C22H22BrClN4O6S2. The highest BCUT2D eigenvalue weighted by atomic mass is 79.9. The summed E-state index contributed by atoms with van der Waals surface area (Å²) in [6.07, 6.45) is 0.785. The van der Waals surface area contributed by atoms with E-state index in [1.165, 1.54) is 12.5 Å². The molecule has 0 bridgehead atoms. The number of nitrogens with two attached hydrogens (primary N) is 1. The van der Waals surface area contributed by atoms with Crippen molar-refractivity contribution in [2.45, 2.75) is 31.1 Å². The first-order valence-corrected chi connectivity index (χ1v) is 14.1. The Morgan fingerprint density at radius 1 is 1.31 bits per heavy atom. The predicted octanol–water partition coefficient (Wildman–Crippen LogP) is 2.52. The molecule has 1 aliphatic rings. The van der Waals surface area contributed by atoms with Gasteiger partial charge in [0.15, 0.2) is 0 Å². The first-order chi connectivity index (χ1) is 17.0. The van der Waals surface area contributed by atoms with Crippen molar-refractivity contribution in [1.29, 1.82) is 0 Å². The van der Waals surface area contributed by atoms with Crippen LogP contribution >= 0.6 is 38.9 Å². The fourth-order valence-corrected chi connectivity index (χ4v) is 6.08. The zero-order valence-corrected chi connectivity index (χ0v) is 22.5. The molecule has 0 aliphatic heterocycles. The molecule has 0 amide bonds. The quantitative estimate of drug-likeness (QED) is 0.264. The lowest BCUT2D eigenvalue weighted by molar-refractivity contribution is 0.00778. The number of hydrogen-bond donors (Lipinski definition) is 4. The Morgan fingerprint density at radius 2 is 2.08 bits per heavy atom. The third-order valence-corrected chi connectivity index (χ3v) is 8.19. The summed E-state index contributed by atoms with van der Waals surface area (Å²) in [4.78, 5) is 21.9. The fourth-order valence-electron chi connectivity index (χ4n) is 4.04. The number of anilines is 1. The highest BCUT2D eigenvalue weighted by molar-refractivity contribution is 9.10. The van der Waals surface area contributed by atoms with E-state index in [2.05, 4.69) is 35.4 Å². The molecule has 4 atom stereocenters. The van der Waals surface area contributed by atoms with Crippen LogP contribution in [-0.2, 0) is 20.9 Å². The number of carbonyl (C=O) groups is 1. The van der Waals surface area contributed by atoms with Crippen molar-refractivity contribution in [3.05, 3.63) is 73.2 Å². The number of nitrogens with one attached hydrogen (secondary N) is 1. The summed E-state index contributed by atoms with van der Waals surface area (Å²) in [5.41, 5.74) is 2.00. The van der Waals surface area contributed by atoms with Gasteiger partial charge < -0.3 is 15.5 Å². The van der Waals surface area contributed by atoms with E-state index in [1.807, 2.05) is 24.3 Å². The topological polar surface area (TPSA) is 165 Å². The highest BCUT2D eigenvalue weighted by Gasteiger charge is 2.42. The van der Waals surface area contributed by atoms with Crippen LogP contribution < -0.4 is 10.5 Å². The molecule has 1 aliphatic carbocycles. The molecule has 1 aromatic carbocycles. The van der Waals surface area contributed by atoms with Crippen molar-refractivity contribution in [1.82, 2.24) is 9.97 Å². The maximum atomic E-state index is 13.3. The Kier molecular flexibility index (Phi) is 8.42. The van der Waals surface area contributed by atoms with E-state index >= 15 is 0 Å². The average Bonchev–Trinajstić information content (AvgIpc) is 3.31. The number of carbonyl (C=O) groups excluding carboxylic acids is 1. The monoisotopic (exact) mass is 616 g/mol. The van der Waals surface area contributed by atoms with Gasteiger partial charge in [-0.05, 0) is 42.2 Å². The largest absolute Gasteiger partial charge is 0.390 e. The van der Waals surface area contributed by atoms with Crippen molar-refractivity contribution in [3.8, 4) is 0 Å². The molecule has 2 aromatic heterocycles. The van der Waals surface area contributed by atoms with Gasteiger partial charge in [0.25, 0.3) is 0 Å². The van der Waals surface area contributed by atoms with E-state index in [-0.39, 0.29) is 30.2 Å². The standard InChI is InChI=1S/C22H22BrClN4O6S2/c23-14-3-1-2-11(5-14)4-12-7-17(35-21(12)24)19(30)15-8-26-10-27-22(15)28-16-6-13(18(29)20(16)31)9-34-36(25,32)33/h1-3,5,7-8,10,13,16,18,20,29,31H,4,6,9H2,(H2,25,32,33)(H,26,27,28)/t13-,16-,18-,20+/m1/s1. The lowest BCUT2D eigenvalue weighted by atomic mass is 10.1. The van der Waals surface area contributed by atoms with Gasteiger partial charge in [0, 0.05) is 16.6 Å². The van der Waals surface area contributed by atoms with Crippen LogP contribution in [0.3, 0.4) is 0 Å². The smallest absolute Gasteiger partial charge is 0.333 e. The third kappa shape index (κ3) is 6.47. The lowest BCUT2D eigenvalue weighted by Crippen LogP contribution is -2.36. The number of aromatic nitrogens is 2. The zero-order valence-electron chi connectivity index (χ0n) is 18.5. The summed E-state index contributed by atoms with van der Waals surface area (Å²) in [7, 11) is -4.19. The summed E-state index contributed by atoms with van der Waals surface area (Å²) in [6, 6.07) is 8.80. The summed E-state index contributed by atoms with van der Waals surface area (Å²) in [5, 5.41) is 28.6. The molecule has 0 saturated heterocycles. The van der Waals surface area contributed by atoms with E-state index in [9.17, 15) is 23.4 Å². The molecule has 0 spiro atoms. The minimum atomic E-state index is -4.19. The maximum absolute atomic E-state index is 13.3. The van der Waals surface area contributed by atoms with Crippen molar-refractivity contribution >= 4 is 60.8 Å². The molecule has 1 fully saturated rings. The van der Waals surface area contributed by atoms with Gasteiger partial charge in [-0.15, -0.1) is 11.3 Å². The van der Waals surface area contributed by atoms with E-state index in [0.29, 0.717) is 15.6 Å². The van der Waals surface area contributed by atoms with Crippen molar-refractivity contribution in [2.24, 2.45) is 11.1 Å². The minimum absolute atomic E-state index is 0.150. The Morgan fingerprint density at radius 3 is 2.81 bits per heavy atom. The molecule has 192 valence electrons. The molecule has 4 rings (SSSR count). The number of aliphatic hydroxyl groups is 2. The highest BCUT2D eigenvalue weighted by Crippen LogP contribution is 2.34. The maximum Gasteiger partial charge on any atom is 0.333 e. The molecule has 2 heterocycles. The van der Waals surface area contributed by atoms with Crippen molar-refractivity contribution in [2.75, 3.05) is 11.9 Å². The number of benzene rings is 1. The second kappa shape index (κ2) is 11.2. The van der Waals surface area contributed by atoms with Gasteiger partial charge in [0.2, 0.25) is 5.78 Å². The molecular weight excluding hydrogens is 596 g/mol. The van der Waals surface area contributed by atoms with E-state index < -0.39 is 34.5 Å². The second-order valence-corrected chi connectivity index (χ2v) is 12.1. The average molecular weight is 618 g/mol. The Bertz CT molecular complexity index is 1370. The van der Waals surface area contributed by atoms with E-state index in [4.69, 9.17) is 16.7 Å². The molecule has 0 unspecified atom stereocenters. The summed E-state index contributed by atoms with van der Waals surface area (Å²) in [6.45, 7) is -0.390. The summed E-state index contributed by atoms with van der Waals surface area (Å²) >= 11 is 11.0. The van der Waals surface area contributed by atoms with Gasteiger partial charge in [0.05, 0.1) is 33.5 Å². The molecule has 0 radical (unpaired) electrons. The number of rotatable bonds is 9. The molecule has 3 aromatic rings. The van der Waals surface area contributed by atoms with E-state index in [1.54, 1.807) is 6.07 Å². The number of hydrogen-bond acceptors (Lipinski definition) is 10. The molecule has 5 N–H and O–H groups in total. The molecule has 10 nitrogen and oxygen atoms in total. The molecule has 36 heavy (non-hydrogen) atoms. The SMILES string of the molecule is NS(=O)(=O)OC[C@H]1C[C@@H](Nc2ncncc2C(=O)c2cc(Cc3cccc(Br)c3)c(Cl)s2)[C@H](O)[C@@H]1O. The second-order valence-electron chi connectivity index (χ2n) is 8.34. The van der Waals surface area contributed by atoms with Crippen molar-refractivity contribution in [3.63, 3.8) is 0 Å². The summed E-state index contributed by atoms with van der Waals surface area (Å²) < 4.78 is 28.2. The number of thiophene rings is 1. The van der Waals surface area contributed by atoms with Crippen LogP contribution in [0.4, 0.5) is 5.82 Å². The van der Waals surface area contributed by atoms with E-state index in [0.717, 1.165) is 26.9 Å². The Balaban J connectivity index is 1.51. The Hall–Kier alpha value is -1.97. The third-order valence-electron chi connectivity index (χ3n) is 5.79. The van der Waals surface area contributed by atoms with Gasteiger partial charge in [0.1, 0.15) is 18.2 Å². The van der Waals surface area contributed by atoms with Crippen LogP contribution in [0.15, 0.2) is 47.3 Å². The van der Waals surface area contributed by atoms with Gasteiger partial charge in [-0.25, -0.2) is 15.1 Å². The number of ketones is 1. The fraction of sp³-hybridized carbons (Fsp3) is 0.318. The lowest BCUT2D eigenvalue weighted by Gasteiger charge is -2.19. The zero-order chi connectivity index (χ0) is 26.0. The van der Waals surface area contributed by atoms with Gasteiger partial charge in [-0.2, -0.15) is 8.42 Å². The minimum Gasteiger partial charge on any atom is -0.390 e. The molecule has 14 heteroatoms. The predicted molar refractivity (Wildman–Crippen MR) is 138 cm³/mol. The normalized spacial score (nSPS) is 22.0. The summed E-state index contributed by atoms with van der Waals surface area (Å²) in [5.74, 6) is -0.890. The number of halogens is 2. The van der Waals surface area contributed by atoms with Gasteiger partial charge in [-0.1, -0.05) is 39.7 Å². The van der Waals surface area contributed by atoms with Gasteiger partial charge in [-0.3, -0.25) is 8.98 Å². The first kappa shape index (κ1) is 27.1. The number of aliphatic hydroxyl groups excluding tert-OH is 2.